The Morgan fingerprint density at radius 2 is 1.82 bits per heavy atom. The van der Waals surface area contributed by atoms with E-state index in [4.69, 9.17) is 4.43 Å². The van der Waals surface area contributed by atoms with Crippen LogP contribution in [0.2, 0.25) is 19.6 Å². The fourth-order valence-corrected chi connectivity index (χ4v) is 2.93. The largest absolute Gasteiger partial charge is 0.544 e. The van der Waals surface area contributed by atoms with Crippen LogP contribution in [0.1, 0.15) is 24.4 Å². The molecule has 0 saturated carbocycles. The molecule has 1 heterocycles. The second-order valence-corrected chi connectivity index (χ2v) is 9.86. The Morgan fingerprint density at radius 1 is 1.18 bits per heavy atom. The van der Waals surface area contributed by atoms with E-state index in [1.54, 1.807) is 0 Å². The van der Waals surface area contributed by atoms with Crippen LogP contribution in [0.3, 0.4) is 0 Å². The van der Waals surface area contributed by atoms with Crippen molar-refractivity contribution in [3.8, 4) is 5.75 Å². The molecule has 96 valence electrons. The summed E-state index contributed by atoms with van der Waals surface area (Å²) >= 11 is 0. The minimum atomic E-state index is -1.46. The molecule has 1 aromatic rings. The third-order valence-corrected chi connectivity index (χ3v) is 3.61. The van der Waals surface area contributed by atoms with Crippen molar-refractivity contribution in [2.75, 3.05) is 6.54 Å². The predicted octanol–water partition coefficient (Wildman–Crippen LogP) is 3.75. The van der Waals surface area contributed by atoms with Gasteiger partial charge in [-0.15, -0.1) is 12.4 Å². The van der Waals surface area contributed by atoms with Crippen LogP contribution in [0.25, 0.3) is 0 Å². The molecule has 0 bridgehead atoms. The quantitative estimate of drug-likeness (QED) is 0.846. The van der Waals surface area contributed by atoms with Gasteiger partial charge in [0.2, 0.25) is 8.32 Å². The van der Waals surface area contributed by atoms with Gasteiger partial charge < -0.3 is 9.74 Å². The lowest BCUT2D eigenvalue weighted by molar-refractivity contribution is 0.556. The Kier molecular flexibility index (Phi) is 5.04. The minimum absolute atomic E-state index is 0. The fraction of sp³-hybridized carbons (Fsp3) is 0.538. The van der Waals surface area contributed by atoms with E-state index < -0.39 is 8.32 Å². The lowest BCUT2D eigenvalue weighted by Gasteiger charge is -2.19. The van der Waals surface area contributed by atoms with Gasteiger partial charge in [-0.25, -0.2) is 0 Å². The highest BCUT2D eigenvalue weighted by molar-refractivity contribution is 6.70. The summed E-state index contributed by atoms with van der Waals surface area (Å²) in [5.74, 6) is 1.01. The fourth-order valence-electron chi connectivity index (χ4n) is 2.09. The van der Waals surface area contributed by atoms with Crippen molar-refractivity contribution in [1.29, 1.82) is 0 Å². The van der Waals surface area contributed by atoms with Gasteiger partial charge in [-0.2, -0.15) is 0 Å². The molecule has 1 aliphatic rings. The van der Waals surface area contributed by atoms with Crippen LogP contribution >= 0.6 is 12.4 Å². The maximum absolute atomic E-state index is 5.94. The van der Waals surface area contributed by atoms with Gasteiger partial charge in [-0.3, -0.25) is 0 Å². The van der Waals surface area contributed by atoms with E-state index in [2.05, 4.69) is 49.2 Å². The zero-order valence-electron chi connectivity index (χ0n) is 10.8. The first-order valence-electron chi connectivity index (χ1n) is 6.07. The highest BCUT2D eigenvalue weighted by Crippen LogP contribution is 2.25. The topological polar surface area (TPSA) is 21.3 Å². The maximum Gasteiger partial charge on any atom is 0.242 e. The summed E-state index contributed by atoms with van der Waals surface area (Å²) in [4.78, 5) is 0. The summed E-state index contributed by atoms with van der Waals surface area (Å²) < 4.78 is 5.94. The normalized spacial score (nSPS) is 19.8. The number of nitrogens with one attached hydrogen (secondary N) is 1. The summed E-state index contributed by atoms with van der Waals surface area (Å²) in [6, 6.07) is 9.15. The van der Waals surface area contributed by atoms with Crippen LogP contribution in [-0.2, 0) is 0 Å². The smallest absolute Gasteiger partial charge is 0.242 e. The van der Waals surface area contributed by atoms with Crippen molar-refractivity contribution in [2.24, 2.45) is 0 Å². The molecule has 4 heteroatoms. The summed E-state index contributed by atoms with van der Waals surface area (Å²) in [5, 5.41) is 3.51. The van der Waals surface area contributed by atoms with Gasteiger partial charge in [0.05, 0.1) is 0 Å². The Bertz CT molecular complexity index is 341. The SMILES string of the molecule is C[Si](C)(C)Oc1ccc([C@@H]2CCCN2)cc1.Cl. The maximum atomic E-state index is 5.94. The molecule has 0 aliphatic carbocycles. The molecule has 1 saturated heterocycles. The number of halogens is 1. The van der Waals surface area contributed by atoms with E-state index in [0.29, 0.717) is 6.04 Å². The van der Waals surface area contributed by atoms with Gasteiger partial charge in [0, 0.05) is 6.04 Å². The molecule has 1 atom stereocenters. The summed E-state index contributed by atoms with van der Waals surface area (Å²) in [5.41, 5.74) is 1.39. The average Bonchev–Trinajstić information content (AvgIpc) is 2.69. The second kappa shape index (κ2) is 5.89. The molecule has 0 amide bonds. The van der Waals surface area contributed by atoms with Crippen molar-refractivity contribution in [2.45, 2.75) is 38.5 Å². The minimum Gasteiger partial charge on any atom is -0.544 e. The zero-order chi connectivity index (χ0) is 11.6. The number of rotatable bonds is 3. The molecule has 1 N–H and O–H groups in total. The molecule has 1 fully saturated rings. The van der Waals surface area contributed by atoms with E-state index in [9.17, 15) is 0 Å². The predicted molar refractivity (Wildman–Crippen MR) is 77.6 cm³/mol. The molecule has 0 unspecified atom stereocenters. The summed E-state index contributed by atoms with van der Waals surface area (Å²) in [6.07, 6.45) is 2.55. The van der Waals surface area contributed by atoms with E-state index in [-0.39, 0.29) is 12.4 Å². The molecular formula is C13H22ClNOSi. The molecule has 2 nitrogen and oxygen atoms in total. The molecule has 2 rings (SSSR count). The lowest BCUT2D eigenvalue weighted by Crippen LogP contribution is -2.29. The molecular weight excluding hydrogens is 250 g/mol. The van der Waals surface area contributed by atoms with E-state index in [1.807, 2.05) is 0 Å². The van der Waals surface area contributed by atoms with E-state index >= 15 is 0 Å². The van der Waals surface area contributed by atoms with Crippen molar-refractivity contribution in [1.82, 2.24) is 5.32 Å². The third-order valence-electron chi connectivity index (χ3n) is 2.77. The molecule has 1 aromatic carbocycles. The van der Waals surface area contributed by atoms with Gasteiger partial charge in [0.1, 0.15) is 5.75 Å². The van der Waals surface area contributed by atoms with Crippen molar-refractivity contribution < 1.29 is 4.43 Å². The molecule has 1 aliphatic heterocycles. The van der Waals surface area contributed by atoms with Crippen molar-refractivity contribution in [3.05, 3.63) is 29.8 Å². The summed E-state index contributed by atoms with van der Waals surface area (Å²) in [6.45, 7) is 7.77. The molecule has 0 spiro atoms. The van der Waals surface area contributed by atoms with Gasteiger partial charge >= 0.3 is 0 Å². The van der Waals surface area contributed by atoms with E-state index in [0.717, 1.165) is 12.3 Å². The monoisotopic (exact) mass is 271 g/mol. The first kappa shape index (κ1) is 14.5. The Morgan fingerprint density at radius 3 is 2.29 bits per heavy atom. The van der Waals surface area contributed by atoms with Crippen LogP contribution < -0.4 is 9.74 Å². The zero-order valence-corrected chi connectivity index (χ0v) is 12.6. The summed E-state index contributed by atoms with van der Waals surface area (Å²) in [7, 11) is -1.46. The Labute approximate surface area is 111 Å². The lowest BCUT2D eigenvalue weighted by atomic mass is 10.1. The van der Waals surface area contributed by atoms with Gasteiger partial charge in [-0.1, -0.05) is 12.1 Å². The third kappa shape index (κ3) is 4.34. The van der Waals surface area contributed by atoms with Crippen LogP contribution in [0.5, 0.6) is 5.75 Å². The van der Waals surface area contributed by atoms with Gasteiger partial charge in [0.25, 0.3) is 0 Å². The standard InChI is InChI=1S/C13H21NOSi.ClH/c1-16(2,3)15-12-8-6-11(7-9-12)13-5-4-10-14-13;/h6-9,13-14H,4-5,10H2,1-3H3;1H/t13-;/m0./s1. The highest BCUT2D eigenvalue weighted by Gasteiger charge is 2.18. The van der Waals surface area contributed by atoms with Gasteiger partial charge in [0.15, 0.2) is 0 Å². The van der Waals surface area contributed by atoms with Crippen LogP contribution in [0.4, 0.5) is 0 Å². The van der Waals surface area contributed by atoms with Crippen LogP contribution in [0, 0.1) is 0 Å². The Hall–Kier alpha value is -0.513. The number of benzene rings is 1. The highest BCUT2D eigenvalue weighted by atomic mass is 35.5. The van der Waals surface area contributed by atoms with Crippen molar-refractivity contribution >= 4 is 20.7 Å². The number of hydrogen-bond acceptors (Lipinski definition) is 2. The molecule has 0 radical (unpaired) electrons. The van der Waals surface area contributed by atoms with Crippen LogP contribution in [0.15, 0.2) is 24.3 Å². The van der Waals surface area contributed by atoms with E-state index in [1.165, 1.54) is 18.4 Å². The molecule has 0 aromatic heterocycles. The van der Waals surface area contributed by atoms with Gasteiger partial charge in [-0.05, 0) is 56.7 Å². The second-order valence-electron chi connectivity index (χ2n) is 5.43. The van der Waals surface area contributed by atoms with Crippen LogP contribution in [-0.4, -0.2) is 14.9 Å². The van der Waals surface area contributed by atoms with Crippen molar-refractivity contribution in [3.63, 3.8) is 0 Å². The first-order chi connectivity index (χ1) is 7.54. The number of hydrogen-bond donors (Lipinski definition) is 1. The molecule has 17 heavy (non-hydrogen) atoms. The average molecular weight is 272 g/mol. The first-order valence-corrected chi connectivity index (χ1v) is 9.48. The Balaban J connectivity index is 0.00000144.